The summed E-state index contributed by atoms with van der Waals surface area (Å²) in [7, 11) is 1.60. The number of rotatable bonds is 4. The third-order valence-electron chi connectivity index (χ3n) is 2.85. The Balaban J connectivity index is 1.85. The molecule has 4 nitrogen and oxygen atoms in total. The fraction of sp³-hybridized carbons (Fsp3) is 0.286. The van der Waals surface area contributed by atoms with Crippen molar-refractivity contribution in [3.63, 3.8) is 0 Å². The normalized spacial score (nSPS) is 12.3. The SMILES string of the molecule is CN=C(NCc1ccc(Br)cc1)NCc1nc(C(F)(F)F)cs1. The van der Waals surface area contributed by atoms with Gasteiger partial charge < -0.3 is 10.6 Å². The first-order chi connectivity index (χ1) is 10.9. The van der Waals surface area contributed by atoms with Crippen molar-refractivity contribution >= 4 is 33.2 Å². The summed E-state index contributed by atoms with van der Waals surface area (Å²) in [5.41, 5.74) is 0.196. The summed E-state index contributed by atoms with van der Waals surface area (Å²) >= 11 is 4.33. The average molecular weight is 407 g/mol. The van der Waals surface area contributed by atoms with Gasteiger partial charge in [0.25, 0.3) is 0 Å². The summed E-state index contributed by atoms with van der Waals surface area (Å²) in [5, 5.41) is 7.39. The molecule has 0 amide bonds. The lowest BCUT2D eigenvalue weighted by Gasteiger charge is -2.11. The van der Waals surface area contributed by atoms with Crippen LogP contribution in [0.5, 0.6) is 0 Å². The van der Waals surface area contributed by atoms with Gasteiger partial charge in [-0.2, -0.15) is 13.2 Å². The Labute approximate surface area is 144 Å². The quantitative estimate of drug-likeness (QED) is 0.599. The number of thiazole rings is 1. The second-order valence-corrected chi connectivity index (χ2v) is 6.39. The Morgan fingerprint density at radius 2 is 1.87 bits per heavy atom. The van der Waals surface area contributed by atoms with Crippen LogP contribution in [-0.4, -0.2) is 18.0 Å². The molecule has 0 atom stereocenters. The Kier molecular flexibility index (Phi) is 6.00. The van der Waals surface area contributed by atoms with Gasteiger partial charge in [0.2, 0.25) is 0 Å². The standard InChI is InChI=1S/C14H14BrF3N4S/c1-19-13(20-6-9-2-4-10(15)5-3-9)21-7-12-22-11(8-23-12)14(16,17)18/h2-5,8H,6-7H2,1H3,(H2,19,20,21). The van der Waals surface area contributed by atoms with Crippen LogP contribution in [0.2, 0.25) is 0 Å². The van der Waals surface area contributed by atoms with Crippen LogP contribution in [0.4, 0.5) is 13.2 Å². The molecule has 2 rings (SSSR count). The predicted molar refractivity (Wildman–Crippen MR) is 88.3 cm³/mol. The van der Waals surface area contributed by atoms with Crippen molar-refractivity contribution in [1.29, 1.82) is 0 Å². The van der Waals surface area contributed by atoms with Crippen molar-refractivity contribution in [2.75, 3.05) is 7.05 Å². The van der Waals surface area contributed by atoms with Crippen molar-refractivity contribution < 1.29 is 13.2 Å². The molecule has 0 aliphatic rings. The summed E-state index contributed by atoms with van der Waals surface area (Å²) in [4.78, 5) is 7.59. The number of nitrogens with zero attached hydrogens (tertiary/aromatic N) is 2. The lowest BCUT2D eigenvalue weighted by Crippen LogP contribution is -2.36. The second-order valence-electron chi connectivity index (χ2n) is 4.53. The van der Waals surface area contributed by atoms with E-state index in [9.17, 15) is 13.2 Å². The van der Waals surface area contributed by atoms with E-state index in [0.717, 1.165) is 26.8 Å². The average Bonchev–Trinajstić information content (AvgIpc) is 2.98. The molecule has 124 valence electrons. The van der Waals surface area contributed by atoms with Gasteiger partial charge in [-0.25, -0.2) is 4.98 Å². The molecule has 0 saturated carbocycles. The molecule has 0 radical (unpaired) electrons. The monoisotopic (exact) mass is 406 g/mol. The van der Waals surface area contributed by atoms with Crippen LogP contribution in [0, 0.1) is 0 Å². The summed E-state index contributed by atoms with van der Waals surface area (Å²) in [6.07, 6.45) is -4.41. The highest BCUT2D eigenvalue weighted by Gasteiger charge is 2.33. The molecule has 2 aromatic rings. The number of benzene rings is 1. The van der Waals surface area contributed by atoms with Crippen LogP contribution in [0.3, 0.4) is 0 Å². The number of nitrogens with one attached hydrogen (secondary N) is 2. The van der Waals surface area contributed by atoms with Gasteiger partial charge in [0.05, 0.1) is 6.54 Å². The Hall–Kier alpha value is -1.61. The van der Waals surface area contributed by atoms with Crippen LogP contribution in [0.1, 0.15) is 16.3 Å². The van der Waals surface area contributed by atoms with E-state index in [1.165, 1.54) is 0 Å². The van der Waals surface area contributed by atoms with E-state index in [2.05, 4.69) is 36.5 Å². The van der Waals surface area contributed by atoms with E-state index in [1.54, 1.807) is 7.05 Å². The van der Waals surface area contributed by atoms with Crippen LogP contribution in [0.25, 0.3) is 0 Å². The molecule has 1 heterocycles. The molecular formula is C14H14BrF3N4S. The zero-order valence-corrected chi connectivity index (χ0v) is 14.5. The van der Waals surface area contributed by atoms with Gasteiger partial charge in [-0.3, -0.25) is 4.99 Å². The summed E-state index contributed by atoms with van der Waals surface area (Å²) in [5.74, 6) is 0.497. The van der Waals surface area contributed by atoms with Crippen molar-refractivity contribution in [3.05, 3.63) is 50.4 Å². The van der Waals surface area contributed by atoms with Gasteiger partial charge in [0, 0.05) is 23.4 Å². The third-order valence-corrected chi connectivity index (χ3v) is 4.22. The molecule has 0 spiro atoms. The maximum atomic E-state index is 12.5. The molecule has 9 heteroatoms. The number of halogens is 4. The molecule has 0 fully saturated rings. The van der Waals surface area contributed by atoms with E-state index in [0.29, 0.717) is 17.5 Å². The van der Waals surface area contributed by atoms with Crippen LogP contribution >= 0.6 is 27.3 Å². The minimum Gasteiger partial charge on any atom is -0.352 e. The van der Waals surface area contributed by atoms with Crippen molar-refractivity contribution in [3.8, 4) is 0 Å². The first-order valence-electron chi connectivity index (χ1n) is 6.59. The zero-order valence-electron chi connectivity index (χ0n) is 12.1. The van der Waals surface area contributed by atoms with Crippen LogP contribution < -0.4 is 10.6 Å². The largest absolute Gasteiger partial charge is 0.434 e. The van der Waals surface area contributed by atoms with Crippen molar-refractivity contribution in [2.45, 2.75) is 19.3 Å². The molecule has 2 N–H and O–H groups in total. The summed E-state index contributed by atoms with van der Waals surface area (Å²) in [6, 6.07) is 7.78. The first kappa shape index (κ1) is 17.7. The van der Waals surface area contributed by atoms with Crippen molar-refractivity contribution in [2.24, 2.45) is 4.99 Å². The predicted octanol–water partition coefficient (Wildman–Crippen LogP) is 3.79. The Morgan fingerprint density at radius 3 is 2.43 bits per heavy atom. The Bertz CT molecular complexity index is 667. The number of guanidine groups is 1. The highest BCUT2D eigenvalue weighted by atomic mass is 79.9. The highest BCUT2D eigenvalue weighted by Crippen LogP contribution is 2.29. The van der Waals surface area contributed by atoms with Gasteiger partial charge >= 0.3 is 6.18 Å². The highest BCUT2D eigenvalue weighted by molar-refractivity contribution is 9.10. The van der Waals surface area contributed by atoms with Gasteiger partial charge in [0.15, 0.2) is 11.7 Å². The summed E-state index contributed by atoms with van der Waals surface area (Å²) < 4.78 is 38.5. The lowest BCUT2D eigenvalue weighted by atomic mass is 10.2. The molecule has 0 aliphatic heterocycles. The number of aliphatic imine (C=N–C) groups is 1. The second kappa shape index (κ2) is 7.78. The van der Waals surface area contributed by atoms with Gasteiger partial charge in [-0.15, -0.1) is 11.3 Å². The third kappa shape index (κ3) is 5.51. The molecule has 0 unspecified atom stereocenters. The fourth-order valence-electron chi connectivity index (χ4n) is 1.69. The topological polar surface area (TPSA) is 49.3 Å². The molecule has 1 aromatic carbocycles. The molecule has 0 bridgehead atoms. The van der Waals surface area contributed by atoms with E-state index in [4.69, 9.17) is 0 Å². The van der Waals surface area contributed by atoms with E-state index >= 15 is 0 Å². The minimum atomic E-state index is -4.41. The summed E-state index contributed by atoms with van der Waals surface area (Å²) in [6.45, 7) is 0.735. The number of aromatic nitrogens is 1. The fourth-order valence-corrected chi connectivity index (χ4v) is 2.70. The molecular weight excluding hydrogens is 393 g/mol. The number of hydrogen-bond acceptors (Lipinski definition) is 3. The van der Waals surface area contributed by atoms with Crippen LogP contribution in [-0.2, 0) is 19.3 Å². The van der Waals surface area contributed by atoms with E-state index in [1.807, 2.05) is 24.3 Å². The maximum Gasteiger partial charge on any atom is 0.434 e. The molecule has 0 saturated heterocycles. The van der Waals surface area contributed by atoms with E-state index in [-0.39, 0.29) is 6.54 Å². The smallest absolute Gasteiger partial charge is 0.352 e. The zero-order chi connectivity index (χ0) is 16.9. The minimum absolute atomic E-state index is 0.181. The van der Waals surface area contributed by atoms with Gasteiger partial charge in [0.1, 0.15) is 5.01 Å². The van der Waals surface area contributed by atoms with Crippen molar-refractivity contribution in [1.82, 2.24) is 15.6 Å². The van der Waals surface area contributed by atoms with Gasteiger partial charge in [-0.1, -0.05) is 28.1 Å². The maximum absolute atomic E-state index is 12.5. The number of hydrogen-bond donors (Lipinski definition) is 2. The molecule has 0 aliphatic carbocycles. The first-order valence-corrected chi connectivity index (χ1v) is 8.26. The molecule has 23 heavy (non-hydrogen) atoms. The van der Waals surface area contributed by atoms with Crippen LogP contribution in [0.15, 0.2) is 39.1 Å². The Morgan fingerprint density at radius 1 is 1.22 bits per heavy atom. The molecule has 1 aromatic heterocycles. The lowest BCUT2D eigenvalue weighted by molar-refractivity contribution is -0.140. The van der Waals surface area contributed by atoms with Gasteiger partial charge in [-0.05, 0) is 17.7 Å². The number of alkyl halides is 3. The van der Waals surface area contributed by atoms with E-state index < -0.39 is 11.9 Å².